The molecule has 0 bridgehead atoms. The van der Waals surface area contributed by atoms with Crippen molar-refractivity contribution in [2.45, 2.75) is 39.5 Å². The van der Waals surface area contributed by atoms with Crippen molar-refractivity contribution in [3.05, 3.63) is 11.3 Å². The highest BCUT2D eigenvalue weighted by Crippen LogP contribution is 2.20. The summed E-state index contributed by atoms with van der Waals surface area (Å²) in [5, 5.41) is 12.8. The standard InChI is InChI=1S/C9H15NO2/c1-3-4-5-6-8-7(2)9(11)12-10-8/h11H,3-6H2,1-2H3. The normalized spacial score (nSPS) is 10.5. The van der Waals surface area contributed by atoms with Gasteiger partial charge >= 0.3 is 5.95 Å². The molecule has 1 heterocycles. The van der Waals surface area contributed by atoms with E-state index in [0.717, 1.165) is 24.1 Å². The first-order valence-corrected chi connectivity index (χ1v) is 4.39. The molecule has 0 radical (unpaired) electrons. The third-order valence-electron chi connectivity index (χ3n) is 2.01. The maximum Gasteiger partial charge on any atom is 0.311 e. The first-order chi connectivity index (χ1) is 5.75. The monoisotopic (exact) mass is 169 g/mol. The second-order valence-electron chi connectivity index (χ2n) is 3.02. The number of aryl methyl sites for hydroxylation is 1. The van der Waals surface area contributed by atoms with Gasteiger partial charge in [0.1, 0.15) is 0 Å². The Hall–Kier alpha value is -0.990. The summed E-state index contributed by atoms with van der Waals surface area (Å²) in [6, 6.07) is 0. The van der Waals surface area contributed by atoms with Crippen molar-refractivity contribution in [2.75, 3.05) is 0 Å². The number of hydrogen-bond acceptors (Lipinski definition) is 3. The Balaban J connectivity index is 2.46. The van der Waals surface area contributed by atoms with Gasteiger partial charge in [0.2, 0.25) is 0 Å². The first-order valence-electron chi connectivity index (χ1n) is 4.39. The second-order valence-corrected chi connectivity index (χ2v) is 3.02. The molecule has 0 spiro atoms. The van der Waals surface area contributed by atoms with Gasteiger partial charge in [-0.2, -0.15) is 0 Å². The Bertz CT molecular complexity index is 243. The highest BCUT2D eigenvalue weighted by molar-refractivity contribution is 5.24. The van der Waals surface area contributed by atoms with Gasteiger partial charge in [0.25, 0.3) is 0 Å². The van der Waals surface area contributed by atoms with Crippen LogP contribution in [0.4, 0.5) is 0 Å². The summed E-state index contributed by atoms with van der Waals surface area (Å²) in [5.74, 6) is -0.0403. The van der Waals surface area contributed by atoms with Gasteiger partial charge in [-0.3, -0.25) is 0 Å². The highest BCUT2D eigenvalue weighted by Gasteiger charge is 2.08. The molecular formula is C9H15NO2. The average Bonchev–Trinajstić information content (AvgIpc) is 2.36. The van der Waals surface area contributed by atoms with Crippen LogP contribution >= 0.6 is 0 Å². The van der Waals surface area contributed by atoms with Crippen LogP contribution in [0.1, 0.15) is 37.4 Å². The molecule has 0 saturated heterocycles. The van der Waals surface area contributed by atoms with Gasteiger partial charge in [0.05, 0.1) is 11.3 Å². The predicted octanol–water partition coefficient (Wildman–Crippen LogP) is 2.42. The third kappa shape index (κ3) is 2.00. The fourth-order valence-electron chi connectivity index (χ4n) is 1.13. The summed E-state index contributed by atoms with van der Waals surface area (Å²) in [6.45, 7) is 3.99. The predicted molar refractivity (Wildman–Crippen MR) is 46.1 cm³/mol. The van der Waals surface area contributed by atoms with Crippen molar-refractivity contribution in [1.82, 2.24) is 5.16 Å². The summed E-state index contributed by atoms with van der Waals surface area (Å²) in [7, 11) is 0. The van der Waals surface area contributed by atoms with Crippen molar-refractivity contribution in [2.24, 2.45) is 0 Å². The minimum absolute atomic E-state index is 0.0403. The van der Waals surface area contributed by atoms with Crippen LogP contribution in [0, 0.1) is 6.92 Å². The quantitative estimate of drug-likeness (QED) is 0.704. The van der Waals surface area contributed by atoms with E-state index < -0.39 is 0 Å². The van der Waals surface area contributed by atoms with Crippen molar-refractivity contribution in [3.8, 4) is 5.95 Å². The number of hydrogen-bond donors (Lipinski definition) is 1. The lowest BCUT2D eigenvalue weighted by Crippen LogP contribution is -1.87. The molecule has 0 amide bonds. The summed E-state index contributed by atoms with van der Waals surface area (Å²) < 4.78 is 4.63. The van der Waals surface area contributed by atoms with E-state index in [9.17, 15) is 0 Å². The highest BCUT2D eigenvalue weighted by atomic mass is 16.5. The van der Waals surface area contributed by atoms with E-state index in [1.165, 1.54) is 12.8 Å². The molecule has 0 aromatic carbocycles. The van der Waals surface area contributed by atoms with Gasteiger partial charge < -0.3 is 9.63 Å². The lowest BCUT2D eigenvalue weighted by atomic mass is 10.1. The fraction of sp³-hybridized carbons (Fsp3) is 0.667. The van der Waals surface area contributed by atoms with Gasteiger partial charge in [-0.05, 0) is 19.8 Å². The Labute approximate surface area is 72.4 Å². The van der Waals surface area contributed by atoms with E-state index in [4.69, 9.17) is 5.11 Å². The molecule has 0 atom stereocenters. The molecule has 1 aromatic heterocycles. The van der Waals surface area contributed by atoms with E-state index >= 15 is 0 Å². The van der Waals surface area contributed by atoms with E-state index in [2.05, 4.69) is 16.6 Å². The van der Waals surface area contributed by atoms with Crippen LogP contribution in [0.2, 0.25) is 0 Å². The van der Waals surface area contributed by atoms with Gasteiger partial charge in [-0.15, -0.1) is 0 Å². The SMILES string of the molecule is CCCCCc1noc(O)c1C. The maximum atomic E-state index is 9.07. The Morgan fingerprint density at radius 1 is 1.42 bits per heavy atom. The summed E-state index contributed by atoms with van der Waals surface area (Å²) in [6.07, 6.45) is 4.42. The molecule has 68 valence electrons. The third-order valence-corrected chi connectivity index (χ3v) is 2.01. The van der Waals surface area contributed by atoms with E-state index in [1.807, 2.05) is 6.92 Å². The number of rotatable bonds is 4. The molecule has 12 heavy (non-hydrogen) atoms. The molecule has 0 unspecified atom stereocenters. The van der Waals surface area contributed by atoms with Crippen LogP contribution in [0.25, 0.3) is 0 Å². The molecule has 3 nitrogen and oxygen atoms in total. The van der Waals surface area contributed by atoms with E-state index in [0.29, 0.717) is 0 Å². The van der Waals surface area contributed by atoms with Gasteiger partial charge in [-0.25, -0.2) is 0 Å². The lowest BCUT2D eigenvalue weighted by Gasteiger charge is -1.94. The number of nitrogens with zero attached hydrogens (tertiary/aromatic N) is 1. The number of aromatic hydroxyl groups is 1. The molecule has 1 N–H and O–H groups in total. The second kappa shape index (κ2) is 4.14. The summed E-state index contributed by atoms with van der Waals surface area (Å²) in [5.41, 5.74) is 1.67. The Kier molecular flexibility index (Phi) is 3.14. The molecule has 0 aliphatic rings. The van der Waals surface area contributed by atoms with E-state index in [1.54, 1.807) is 0 Å². The molecule has 0 aliphatic carbocycles. The summed E-state index contributed by atoms with van der Waals surface area (Å²) in [4.78, 5) is 0. The van der Waals surface area contributed by atoms with Gasteiger partial charge in [-0.1, -0.05) is 24.9 Å². The summed E-state index contributed by atoms with van der Waals surface area (Å²) >= 11 is 0. The maximum absolute atomic E-state index is 9.07. The van der Waals surface area contributed by atoms with E-state index in [-0.39, 0.29) is 5.95 Å². The Morgan fingerprint density at radius 2 is 2.17 bits per heavy atom. The molecule has 0 aliphatic heterocycles. The fourth-order valence-corrected chi connectivity index (χ4v) is 1.13. The van der Waals surface area contributed by atoms with Gasteiger partial charge in [0.15, 0.2) is 0 Å². The minimum atomic E-state index is -0.0403. The van der Waals surface area contributed by atoms with Crippen molar-refractivity contribution in [3.63, 3.8) is 0 Å². The molecule has 0 saturated carbocycles. The van der Waals surface area contributed by atoms with Gasteiger partial charge in [0, 0.05) is 0 Å². The minimum Gasteiger partial charge on any atom is -0.479 e. The zero-order chi connectivity index (χ0) is 8.97. The topological polar surface area (TPSA) is 46.3 Å². The molecule has 1 rings (SSSR count). The van der Waals surface area contributed by atoms with Crippen LogP contribution in [0.3, 0.4) is 0 Å². The smallest absolute Gasteiger partial charge is 0.311 e. The van der Waals surface area contributed by atoms with Crippen LogP contribution in [0.5, 0.6) is 5.95 Å². The Morgan fingerprint density at radius 3 is 2.67 bits per heavy atom. The number of unbranched alkanes of at least 4 members (excludes halogenated alkanes) is 2. The molecule has 3 heteroatoms. The van der Waals surface area contributed by atoms with Crippen molar-refractivity contribution >= 4 is 0 Å². The van der Waals surface area contributed by atoms with Crippen molar-refractivity contribution in [1.29, 1.82) is 0 Å². The van der Waals surface area contributed by atoms with Crippen LogP contribution in [-0.4, -0.2) is 10.3 Å². The lowest BCUT2D eigenvalue weighted by molar-refractivity contribution is 0.274. The largest absolute Gasteiger partial charge is 0.479 e. The zero-order valence-electron chi connectivity index (χ0n) is 7.63. The number of aromatic nitrogens is 1. The van der Waals surface area contributed by atoms with Crippen LogP contribution in [-0.2, 0) is 6.42 Å². The molecule has 1 aromatic rings. The zero-order valence-corrected chi connectivity index (χ0v) is 7.63. The first kappa shape index (κ1) is 9.10. The molecular weight excluding hydrogens is 154 g/mol. The van der Waals surface area contributed by atoms with Crippen LogP contribution in [0.15, 0.2) is 4.52 Å². The van der Waals surface area contributed by atoms with Crippen molar-refractivity contribution < 1.29 is 9.63 Å². The average molecular weight is 169 g/mol. The van der Waals surface area contributed by atoms with Crippen LogP contribution < -0.4 is 0 Å². The molecule has 0 fully saturated rings.